The van der Waals surface area contributed by atoms with E-state index in [4.69, 9.17) is 19.8 Å². The molecule has 2 amide bonds. The third-order valence-corrected chi connectivity index (χ3v) is 9.30. The zero-order valence-electron chi connectivity index (χ0n) is 24.6. The molecule has 2 bridgehead atoms. The summed E-state index contributed by atoms with van der Waals surface area (Å²) in [5, 5.41) is 5.89. The highest BCUT2D eigenvalue weighted by Crippen LogP contribution is 2.65. The van der Waals surface area contributed by atoms with Gasteiger partial charge in [-0.05, 0) is 85.8 Å². The van der Waals surface area contributed by atoms with Crippen molar-refractivity contribution in [2.75, 3.05) is 6.54 Å². The van der Waals surface area contributed by atoms with Crippen LogP contribution >= 0.6 is 12.4 Å². The van der Waals surface area contributed by atoms with E-state index in [2.05, 4.69) is 45.3 Å². The van der Waals surface area contributed by atoms with E-state index in [9.17, 15) is 9.59 Å². The highest BCUT2D eigenvalue weighted by Gasteiger charge is 2.68. The fraction of sp³-hybridized carbons (Fsp3) is 0.548. The third-order valence-electron chi connectivity index (χ3n) is 9.30. The number of para-hydroxylation sites is 1. The predicted octanol–water partition coefficient (Wildman–Crippen LogP) is 4.76. The van der Waals surface area contributed by atoms with Gasteiger partial charge in [0.1, 0.15) is 17.5 Å². The Morgan fingerprint density at radius 3 is 2.29 bits per heavy atom. The van der Waals surface area contributed by atoms with E-state index in [0.717, 1.165) is 12.8 Å². The summed E-state index contributed by atoms with van der Waals surface area (Å²) in [5.41, 5.74) is 6.24. The predicted molar refractivity (Wildman–Crippen MR) is 162 cm³/mol. The average molecular weight is 584 g/mol. The standard InChI is InChI=1S/C31H42BN3O5.ClH/c1-19(2)15-27(32-39-26-17-21-16-25(30(21,3)4)31(26,5)40-32)35-29(37)24(18-33)34-28(36)20-11-13-23(14-12-20)38-22-9-7-6-8-10-22;/h6-14,19,21,24-27H,15-18,33H2,1-5H3,(H,34,36)(H,35,37);1H/t21-,24-,25-,26+,27-,31-;/m0./s1. The Morgan fingerprint density at radius 1 is 1.02 bits per heavy atom. The number of amides is 2. The minimum atomic E-state index is -0.895. The molecular weight excluding hydrogens is 541 g/mol. The molecular formula is C31H43BClN3O5. The van der Waals surface area contributed by atoms with Crippen LogP contribution in [0.1, 0.15) is 64.2 Å². The van der Waals surface area contributed by atoms with E-state index in [1.807, 2.05) is 30.3 Å². The molecule has 8 nitrogen and oxygen atoms in total. The maximum Gasteiger partial charge on any atom is 0.481 e. The van der Waals surface area contributed by atoms with Crippen LogP contribution < -0.4 is 21.1 Å². The normalized spacial score (nSPS) is 27.1. The second kappa shape index (κ2) is 12.3. The van der Waals surface area contributed by atoms with Gasteiger partial charge in [0.25, 0.3) is 5.91 Å². The molecule has 1 saturated heterocycles. The van der Waals surface area contributed by atoms with Gasteiger partial charge in [-0.2, -0.15) is 0 Å². The number of halogens is 1. The van der Waals surface area contributed by atoms with Crippen molar-refractivity contribution in [1.82, 2.24) is 10.6 Å². The van der Waals surface area contributed by atoms with Gasteiger partial charge in [-0.3, -0.25) is 9.59 Å². The number of hydrogen-bond donors (Lipinski definition) is 3. The Balaban J connectivity index is 0.00000387. The molecule has 4 N–H and O–H groups in total. The maximum absolute atomic E-state index is 13.4. The Labute approximate surface area is 250 Å². The van der Waals surface area contributed by atoms with Crippen LogP contribution in [0.25, 0.3) is 0 Å². The summed E-state index contributed by atoms with van der Waals surface area (Å²) in [6, 6.07) is 15.3. The fourth-order valence-corrected chi connectivity index (χ4v) is 6.87. The first-order chi connectivity index (χ1) is 19.0. The van der Waals surface area contributed by atoms with Gasteiger partial charge in [0, 0.05) is 12.1 Å². The topological polar surface area (TPSA) is 112 Å². The summed E-state index contributed by atoms with van der Waals surface area (Å²) in [5.74, 6) is 1.63. The second-order valence-electron chi connectivity index (χ2n) is 12.8. The number of ether oxygens (including phenoxy) is 1. The van der Waals surface area contributed by atoms with Crippen LogP contribution in [-0.2, 0) is 14.1 Å². The van der Waals surface area contributed by atoms with Gasteiger partial charge in [-0.25, -0.2) is 0 Å². The molecule has 0 unspecified atom stereocenters. The van der Waals surface area contributed by atoms with Crippen molar-refractivity contribution >= 4 is 31.3 Å². The molecule has 0 spiro atoms. The molecule has 1 heterocycles. The number of nitrogens with two attached hydrogens (primary N) is 1. The lowest BCUT2D eigenvalue weighted by atomic mass is 9.43. The molecule has 2 aromatic rings. The van der Waals surface area contributed by atoms with Gasteiger partial charge in [0.2, 0.25) is 5.91 Å². The SMILES string of the molecule is CC(C)C[C@H](NC(=O)[C@H](CN)NC(=O)c1ccc(Oc2ccccc2)cc1)B1O[C@@H]2C[C@@H]3C[C@@H](C3(C)C)[C@]2(C)O1.Cl. The number of benzene rings is 2. The minimum absolute atomic E-state index is 0. The van der Waals surface area contributed by atoms with Crippen LogP contribution in [0.15, 0.2) is 54.6 Å². The number of nitrogens with one attached hydrogen (secondary N) is 2. The Bertz CT molecular complexity index is 1210. The monoisotopic (exact) mass is 583 g/mol. The van der Waals surface area contributed by atoms with Crippen LogP contribution in [0.5, 0.6) is 11.5 Å². The molecule has 2 aromatic carbocycles. The minimum Gasteiger partial charge on any atom is -0.457 e. The van der Waals surface area contributed by atoms with Gasteiger partial charge in [-0.1, -0.05) is 45.9 Å². The van der Waals surface area contributed by atoms with E-state index >= 15 is 0 Å². The van der Waals surface area contributed by atoms with E-state index < -0.39 is 13.2 Å². The average Bonchev–Trinajstić information content (AvgIpc) is 3.29. The molecule has 3 saturated carbocycles. The smallest absolute Gasteiger partial charge is 0.457 e. The van der Waals surface area contributed by atoms with E-state index in [1.54, 1.807) is 24.3 Å². The lowest BCUT2D eigenvalue weighted by molar-refractivity contribution is -0.199. The van der Waals surface area contributed by atoms with Crippen LogP contribution in [0.2, 0.25) is 0 Å². The zero-order valence-corrected chi connectivity index (χ0v) is 25.4. The van der Waals surface area contributed by atoms with E-state index in [0.29, 0.717) is 41.2 Å². The first-order valence-corrected chi connectivity index (χ1v) is 14.5. The molecule has 0 radical (unpaired) electrons. The summed E-state index contributed by atoms with van der Waals surface area (Å²) < 4.78 is 18.9. The van der Waals surface area contributed by atoms with Crippen molar-refractivity contribution in [2.45, 2.75) is 77.6 Å². The van der Waals surface area contributed by atoms with Gasteiger partial charge in [-0.15, -0.1) is 12.4 Å². The third kappa shape index (κ3) is 6.28. The van der Waals surface area contributed by atoms with Crippen molar-refractivity contribution in [3.63, 3.8) is 0 Å². The van der Waals surface area contributed by atoms with Crippen LogP contribution in [0.3, 0.4) is 0 Å². The molecule has 0 aromatic heterocycles. The summed E-state index contributed by atoms with van der Waals surface area (Å²) in [7, 11) is -0.539. The van der Waals surface area contributed by atoms with Crippen molar-refractivity contribution < 1.29 is 23.6 Å². The van der Waals surface area contributed by atoms with Crippen molar-refractivity contribution in [3.8, 4) is 11.5 Å². The molecule has 4 fully saturated rings. The Hall–Kier alpha value is -2.59. The Kier molecular flexibility index (Phi) is 9.43. The highest BCUT2D eigenvalue weighted by molar-refractivity contribution is 6.48. The molecule has 6 atom stereocenters. The summed E-state index contributed by atoms with van der Waals surface area (Å²) >= 11 is 0. The molecule has 3 aliphatic carbocycles. The molecule has 222 valence electrons. The van der Waals surface area contributed by atoms with Gasteiger partial charge >= 0.3 is 7.12 Å². The van der Waals surface area contributed by atoms with Gasteiger partial charge in [0.05, 0.1) is 17.6 Å². The lowest BCUT2D eigenvalue weighted by Crippen LogP contribution is -2.65. The zero-order chi connectivity index (χ0) is 28.7. The maximum atomic E-state index is 13.4. The molecule has 6 rings (SSSR count). The fourth-order valence-electron chi connectivity index (χ4n) is 6.87. The summed E-state index contributed by atoms with van der Waals surface area (Å²) in [6.45, 7) is 11.0. The lowest BCUT2D eigenvalue weighted by Gasteiger charge is -2.64. The first kappa shape index (κ1) is 31.4. The first-order valence-electron chi connectivity index (χ1n) is 14.5. The molecule has 10 heteroatoms. The quantitative estimate of drug-likeness (QED) is 0.348. The number of carbonyl (C=O) groups excluding carboxylic acids is 2. The van der Waals surface area contributed by atoms with Crippen LogP contribution in [-0.4, -0.2) is 49.2 Å². The Morgan fingerprint density at radius 2 is 1.68 bits per heavy atom. The van der Waals surface area contributed by atoms with E-state index in [1.165, 1.54) is 0 Å². The van der Waals surface area contributed by atoms with Crippen molar-refractivity contribution in [1.29, 1.82) is 0 Å². The van der Waals surface area contributed by atoms with Crippen LogP contribution in [0.4, 0.5) is 0 Å². The highest BCUT2D eigenvalue weighted by atomic mass is 35.5. The molecule has 41 heavy (non-hydrogen) atoms. The summed E-state index contributed by atoms with van der Waals surface area (Å²) in [4.78, 5) is 26.4. The largest absolute Gasteiger partial charge is 0.481 e. The number of hydrogen-bond acceptors (Lipinski definition) is 6. The molecule has 4 aliphatic rings. The van der Waals surface area contributed by atoms with Gasteiger partial charge in [0.15, 0.2) is 0 Å². The second-order valence-corrected chi connectivity index (χ2v) is 12.8. The van der Waals surface area contributed by atoms with Gasteiger partial charge < -0.3 is 30.4 Å². The van der Waals surface area contributed by atoms with Crippen LogP contribution in [0, 0.1) is 23.2 Å². The van der Waals surface area contributed by atoms with Crippen molar-refractivity contribution in [2.24, 2.45) is 28.9 Å². The van der Waals surface area contributed by atoms with Crippen molar-refractivity contribution in [3.05, 3.63) is 60.2 Å². The number of rotatable bonds is 10. The number of carbonyl (C=O) groups is 2. The molecule has 1 aliphatic heterocycles. The summed E-state index contributed by atoms with van der Waals surface area (Å²) in [6.07, 6.45) is 2.86. The van der Waals surface area contributed by atoms with E-state index in [-0.39, 0.29) is 53.8 Å².